The summed E-state index contributed by atoms with van der Waals surface area (Å²) in [4.78, 5) is 12.0. The third kappa shape index (κ3) is 2.95. The van der Waals surface area contributed by atoms with E-state index in [1.54, 1.807) is 0 Å². The maximum Gasteiger partial charge on any atom is 0.355 e. The molecule has 0 amide bonds. The van der Waals surface area contributed by atoms with Gasteiger partial charge in [0.2, 0.25) is 6.08 Å². The highest BCUT2D eigenvalue weighted by molar-refractivity contribution is 5.34. The summed E-state index contributed by atoms with van der Waals surface area (Å²) >= 11 is 0. The molecule has 0 saturated heterocycles. The highest BCUT2D eigenvalue weighted by Gasteiger charge is 2.28. The van der Waals surface area contributed by atoms with Crippen LogP contribution in [0.2, 0.25) is 0 Å². The molecule has 0 unspecified atom stereocenters. The number of nitrogens with zero attached hydrogens (tertiary/aromatic N) is 1. The van der Waals surface area contributed by atoms with Crippen molar-refractivity contribution in [2.45, 2.75) is 12.5 Å². The summed E-state index contributed by atoms with van der Waals surface area (Å²) in [6, 6.07) is 1.82. The van der Waals surface area contributed by atoms with Gasteiger partial charge in [0.05, 0.1) is 6.42 Å². The van der Waals surface area contributed by atoms with Crippen LogP contribution in [0.25, 0.3) is 0 Å². The molecular weight excluding hydrogens is 192 g/mol. The summed E-state index contributed by atoms with van der Waals surface area (Å²) in [6.07, 6.45) is 0.137. The zero-order valence-electron chi connectivity index (χ0n) is 7.08. The van der Waals surface area contributed by atoms with Crippen LogP contribution in [-0.2, 0) is 11.2 Å². The number of phenolic OH excluding ortho intramolecular Hbond substituents is 1. The molecule has 1 aromatic rings. The number of phenols is 1. The number of aromatic hydroxyl groups is 1. The van der Waals surface area contributed by atoms with Crippen LogP contribution in [0.15, 0.2) is 29.3 Å². The zero-order chi connectivity index (χ0) is 10.6. The van der Waals surface area contributed by atoms with E-state index in [1.807, 2.05) is 0 Å². The van der Waals surface area contributed by atoms with Crippen LogP contribution in [0.3, 0.4) is 0 Å². The molecule has 1 aromatic carbocycles. The summed E-state index contributed by atoms with van der Waals surface area (Å²) in [7, 11) is 0. The highest BCUT2D eigenvalue weighted by Crippen LogP contribution is 2.22. The molecule has 14 heavy (non-hydrogen) atoms. The Morgan fingerprint density at radius 3 is 2.43 bits per heavy atom. The minimum absolute atomic E-state index is 0.00375. The Labute approximate surface area is 78.7 Å². The van der Waals surface area contributed by atoms with Crippen molar-refractivity contribution in [3.05, 3.63) is 29.8 Å². The van der Waals surface area contributed by atoms with E-state index < -0.39 is 12.5 Å². The molecule has 0 spiro atoms. The lowest BCUT2D eigenvalue weighted by molar-refractivity contribution is 0.0117. The molecule has 0 heterocycles. The van der Waals surface area contributed by atoms with Gasteiger partial charge in [-0.15, -0.1) is 4.99 Å². The molecule has 0 aliphatic rings. The zero-order valence-corrected chi connectivity index (χ0v) is 7.08. The van der Waals surface area contributed by atoms with E-state index in [0.29, 0.717) is 0 Å². The van der Waals surface area contributed by atoms with Gasteiger partial charge in [-0.3, -0.25) is 0 Å². The third-order valence-electron chi connectivity index (χ3n) is 1.56. The topological polar surface area (TPSA) is 49.7 Å². The summed E-state index contributed by atoms with van der Waals surface area (Å²) in [5.74, 6) is -0.00375. The molecule has 0 atom stereocenters. The quantitative estimate of drug-likeness (QED) is 0.459. The lowest BCUT2D eigenvalue weighted by Crippen LogP contribution is -2.15. The molecular formula is C9H7F2NO2. The Bertz CT molecular complexity index is 356. The number of aliphatic imine (C=N–C) groups is 1. The molecule has 1 N–H and O–H groups in total. The average molecular weight is 199 g/mol. The molecule has 0 aliphatic heterocycles. The van der Waals surface area contributed by atoms with Gasteiger partial charge in [-0.1, -0.05) is 12.1 Å². The summed E-state index contributed by atoms with van der Waals surface area (Å²) in [5, 5.41) is 8.89. The Hall–Kier alpha value is -1.74. The van der Waals surface area contributed by atoms with Crippen molar-refractivity contribution in [1.82, 2.24) is 0 Å². The molecule has 0 fully saturated rings. The van der Waals surface area contributed by atoms with Gasteiger partial charge < -0.3 is 5.11 Å². The number of carbonyl (C=O) groups excluding carboxylic acids is 1. The Kier molecular flexibility index (Phi) is 2.94. The average Bonchev–Trinajstić information content (AvgIpc) is 2.08. The van der Waals surface area contributed by atoms with Crippen LogP contribution in [-0.4, -0.2) is 17.2 Å². The van der Waals surface area contributed by atoms with Gasteiger partial charge in [0.1, 0.15) is 5.75 Å². The van der Waals surface area contributed by atoms with Gasteiger partial charge in [0, 0.05) is 0 Å². The number of isocyanates is 1. The van der Waals surface area contributed by atoms with E-state index in [9.17, 15) is 13.6 Å². The van der Waals surface area contributed by atoms with Crippen molar-refractivity contribution in [3.8, 4) is 5.75 Å². The normalized spacial score (nSPS) is 10.7. The second-order valence-electron chi connectivity index (χ2n) is 2.71. The monoisotopic (exact) mass is 199 g/mol. The van der Waals surface area contributed by atoms with Crippen molar-refractivity contribution >= 4 is 6.08 Å². The summed E-state index contributed by atoms with van der Waals surface area (Å²) in [5.41, 5.74) is 0.284. The Morgan fingerprint density at radius 1 is 1.36 bits per heavy atom. The minimum atomic E-state index is -3.43. The molecule has 0 saturated carbocycles. The molecule has 74 valence electrons. The van der Waals surface area contributed by atoms with Crippen LogP contribution >= 0.6 is 0 Å². The summed E-state index contributed by atoms with van der Waals surface area (Å²) in [6.45, 7) is 0. The van der Waals surface area contributed by atoms with E-state index in [-0.39, 0.29) is 11.3 Å². The second kappa shape index (κ2) is 3.98. The number of hydrogen-bond acceptors (Lipinski definition) is 3. The largest absolute Gasteiger partial charge is 0.508 e. The molecule has 0 bridgehead atoms. The van der Waals surface area contributed by atoms with Gasteiger partial charge in [-0.05, 0) is 17.7 Å². The van der Waals surface area contributed by atoms with Crippen molar-refractivity contribution in [1.29, 1.82) is 0 Å². The fourth-order valence-electron chi connectivity index (χ4n) is 0.966. The van der Waals surface area contributed by atoms with Crippen LogP contribution < -0.4 is 0 Å². The molecule has 5 heteroatoms. The molecule has 0 radical (unpaired) electrons. The number of rotatable bonds is 3. The van der Waals surface area contributed by atoms with E-state index in [1.165, 1.54) is 24.3 Å². The first-order valence-electron chi connectivity index (χ1n) is 3.78. The molecule has 3 nitrogen and oxygen atoms in total. The van der Waals surface area contributed by atoms with Crippen molar-refractivity contribution in [3.63, 3.8) is 0 Å². The maximum atomic E-state index is 12.7. The van der Waals surface area contributed by atoms with Crippen molar-refractivity contribution in [2.75, 3.05) is 0 Å². The maximum absolute atomic E-state index is 12.7. The van der Waals surface area contributed by atoms with Gasteiger partial charge in [-0.25, -0.2) is 4.79 Å². The van der Waals surface area contributed by atoms with Gasteiger partial charge in [0.15, 0.2) is 0 Å². The van der Waals surface area contributed by atoms with E-state index in [4.69, 9.17) is 5.11 Å². The van der Waals surface area contributed by atoms with Crippen molar-refractivity contribution in [2.24, 2.45) is 4.99 Å². The molecule has 0 aliphatic carbocycles. The third-order valence-corrected chi connectivity index (χ3v) is 1.56. The van der Waals surface area contributed by atoms with E-state index in [0.717, 1.165) is 6.08 Å². The number of benzene rings is 1. The van der Waals surface area contributed by atoms with Crippen LogP contribution in [0.4, 0.5) is 8.78 Å². The van der Waals surface area contributed by atoms with Gasteiger partial charge in [0.25, 0.3) is 0 Å². The van der Waals surface area contributed by atoms with Crippen LogP contribution in [0, 0.1) is 0 Å². The van der Waals surface area contributed by atoms with Crippen LogP contribution in [0.1, 0.15) is 5.56 Å². The fraction of sp³-hybridized carbons (Fsp3) is 0.222. The van der Waals surface area contributed by atoms with E-state index in [2.05, 4.69) is 4.99 Å². The lowest BCUT2D eigenvalue weighted by atomic mass is 10.1. The second-order valence-corrected chi connectivity index (χ2v) is 2.71. The molecule has 1 rings (SSSR count). The molecule has 0 aromatic heterocycles. The number of hydrogen-bond donors (Lipinski definition) is 1. The first-order chi connectivity index (χ1) is 6.53. The highest BCUT2D eigenvalue weighted by atomic mass is 19.3. The predicted molar refractivity (Wildman–Crippen MR) is 44.9 cm³/mol. The first kappa shape index (κ1) is 10.3. The Balaban J connectivity index is 2.78. The number of alkyl halides is 2. The SMILES string of the molecule is O=C=NC(F)(F)Cc1ccc(O)cc1. The first-order valence-corrected chi connectivity index (χ1v) is 3.78. The standard InChI is InChI=1S/C9H7F2NO2/c10-9(11,12-6-13)5-7-1-3-8(14)4-2-7/h1-4,14H,5H2. The fourth-order valence-corrected chi connectivity index (χ4v) is 0.966. The smallest absolute Gasteiger partial charge is 0.355 e. The number of halogens is 2. The van der Waals surface area contributed by atoms with Crippen molar-refractivity contribution < 1.29 is 18.7 Å². The van der Waals surface area contributed by atoms with Gasteiger partial charge >= 0.3 is 6.05 Å². The Morgan fingerprint density at radius 2 is 1.93 bits per heavy atom. The van der Waals surface area contributed by atoms with Crippen LogP contribution in [0.5, 0.6) is 5.75 Å². The summed E-state index contributed by atoms with van der Waals surface area (Å²) < 4.78 is 25.4. The minimum Gasteiger partial charge on any atom is -0.508 e. The predicted octanol–water partition coefficient (Wildman–Crippen LogP) is 1.86. The van der Waals surface area contributed by atoms with Gasteiger partial charge in [-0.2, -0.15) is 8.78 Å². The lowest BCUT2D eigenvalue weighted by Gasteiger charge is -2.08. The van der Waals surface area contributed by atoms with E-state index >= 15 is 0 Å².